The quantitative estimate of drug-likeness (QED) is 0.439. The number of allylic oxidation sites excluding steroid dienone is 1. The number of carbonyl (C=O) groups excluding carboxylic acids is 1. The van der Waals surface area contributed by atoms with Gasteiger partial charge in [-0.25, -0.2) is 0 Å². The molecule has 14 heavy (non-hydrogen) atoms. The highest BCUT2D eigenvalue weighted by Crippen LogP contribution is 2.10. The molecule has 0 N–H and O–H groups in total. The number of carbonyl (C=O) groups is 1. The summed E-state index contributed by atoms with van der Waals surface area (Å²) in [4.78, 5) is 11.3. The van der Waals surface area contributed by atoms with Crippen molar-refractivity contribution in [3.05, 3.63) is 12.2 Å². The lowest BCUT2D eigenvalue weighted by molar-refractivity contribution is -0.148. The number of hydrogen-bond donors (Lipinski definition) is 0. The van der Waals surface area contributed by atoms with Crippen molar-refractivity contribution in [2.45, 2.75) is 58.0 Å². The molecule has 0 aromatic carbocycles. The summed E-state index contributed by atoms with van der Waals surface area (Å²) in [5.74, 6) is -0.0357. The Morgan fingerprint density at radius 2 is 2.00 bits per heavy atom. The Kier molecular flexibility index (Phi) is 5.35. The molecule has 1 aliphatic rings. The van der Waals surface area contributed by atoms with Crippen LogP contribution in [-0.2, 0) is 9.53 Å². The minimum Gasteiger partial charge on any atom is -0.462 e. The molecule has 0 aliphatic carbocycles. The van der Waals surface area contributed by atoms with E-state index >= 15 is 0 Å². The molecular formula is C12H20O2. The number of ether oxygens (including phenoxy) is 1. The lowest BCUT2D eigenvalue weighted by atomic mass is 10.1. The number of rotatable bonds is 0. The van der Waals surface area contributed by atoms with E-state index in [0.29, 0.717) is 6.42 Å². The zero-order valence-electron chi connectivity index (χ0n) is 9.00. The Morgan fingerprint density at radius 1 is 1.21 bits per heavy atom. The second kappa shape index (κ2) is 6.63. The first-order valence-electron chi connectivity index (χ1n) is 5.63. The maximum absolute atomic E-state index is 11.3. The van der Waals surface area contributed by atoms with Gasteiger partial charge in [-0.3, -0.25) is 4.79 Å². The number of cyclic esters (lactones) is 1. The highest BCUT2D eigenvalue weighted by Gasteiger charge is 2.08. The Morgan fingerprint density at radius 3 is 2.86 bits per heavy atom. The first-order valence-corrected chi connectivity index (χ1v) is 5.63. The average molecular weight is 196 g/mol. The van der Waals surface area contributed by atoms with Crippen LogP contribution in [0.25, 0.3) is 0 Å². The highest BCUT2D eigenvalue weighted by molar-refractivity contribution is 5.69. The molecule has 0 bridgehead atoms. The highest BCUT2D eigenvalue weighted by atomic mass is 16.5. The van der Waals surface area contributed by atoms with E-state index in [1.165, 1.54) is 19.3 Å². The topological polar surface area (TPSA) is 26.3 Å². The van der Waals surface area contributed by atoms with E-state index in [4.69, 9.17) is 4.74 Å². The monoisotopic (exact) mass is 196 g/mol. The molecule has 2 nitrogen and oxygen atoms in total. The van der Waals surface area contributed by atoms with Crippen molar-refractivity contribution in [3.8, 4) is 0 Å². The third-order valence-electron chi connectivity index (χ3n) is 2.47. The van der Waals surface area contributed by atoms with E-state index in [-0.39, 0.29) is 12.1 Å². The van der Waals surface area contributed by atoms with Crippen LogP contribution in [0.4, 0.5) is 0 Å². The van der Waals surface area contributed by atoms with Gasteiger partial charge in [0.25, 0.3) is 0 Å². The van der Waals surface area contributed by atoms with Crippen LogP contribution in [0.1, 0.15) is 51.9 Å². The molecule has 80 valence electrons. The lowest BCUT2D eigenvalue weighted by Crippen LogP contribution is -2.14. The van der Waals surface area contributed by atoms with Crippen LogP contribution >= 0.6 is 0 Å². The molecule has 1 aliphatic heterocycles. The molecule has 0 fully saturated rings. The maximum Gasteiger partial charge on any atom is 0.306 e. The second-order valence-electron chi connectivity index (χ2n) is 3.96. The van der Waals surface area contributed by atoms with E-state index < -0.39 is 0 Å². The van der Waals surface area contributed by atoms with Gasteiger partial charge in [-0.05, 0) is 26.2 Å². The van der Waals surface area contributed by atoms with Gasteiger partial charge in [0, 0.05) is 12.8 Å². The second-order valence-corrected chi connectivity index (χ2v) is 3.96. The third kappa shape index (κ3) is 5.05. The maximum atomic E-state index is 11.3. The molecule has 0 spiro atoms. The van der Waals surface area contributed by atoms with Crippen LogP contribution in [0.2, 0.25) is 0 Å². The van der Waals surface area contributed by atoms with Gasteiger partial charge in [-0.1, -0.05) is 25.0 Å². The molecule has 1 atom stereocenters. The van der Waals surface area contributed by atoms with Crippen molar-refractivity contribution in [2.24, 2.45) is 0 Å². The summed E-state index contributed by atoms with van der Waals surface area (Å²) >= 11 is 0. The number of hydrogen-bond acceptors (Lipinski definition) is 2. The van der Waals surface area contributed by atoms with Gasteiger partial charge < -0.3 is 4.74 Å². The Bertz CT molecular complexity index is 196. The Labute approximate surface area is 86.3 Å². The van der Waals surface area contributed by atoms with Crippen molar-refractivity contribution < 1.29 is 9.53 Å². The van der Waals surface area contributed by atoms with Crippen molar-refractivity contribution in [3.63, 3.8) is 0 Å². The number of esters is 1. The van der Waals surface area contributed by atoms with Crippen LogP contribution in [0.5, 0.6) is 0 Å². The molecule has 1 heterocycles. The van der Waals surface area contributed by atoms with E-state index in [2.05, 4.69) is 12.2 Å². The molecule has 1 rings (SSSR count). The SMILES string of the molecule is CC1C/C=C/CCCCCCC(=O)O1. The fourth-order valence-corrected chi connectivity index (χ4v) is 1.62. The van der Waals surface area contributed by atoms with Crippen LogP contribution < -0.4 is 0 Å². The Hall–Kier alpha value is -0.790. The van der Waals surface area contributed by atoms with E-state index in [9.17, 15) is 4.79 Å². The van der Waals surface area contributed by atoms with Gasteiger partial charge in [0.15, 0.2) is 0 Å². The molecule has 0 saturated carbocycles. The van der Waals surface area contributed by atoms with Gasteiger partial charge in [0.05, 0.1) is 0 Å². The summed E-state index contributed by atoms with van der Waals surface area (Å²) in [5.41, 5.74) is 0. The minimum absolute atomic E-state index is 0.0357. The first-order chi connectivity index (χ1) is 6.79. The van der Waals surface area contributed by atoms with E-state index in [0.717, 1.165) is 19.3 Å². The fourth-order valence-electron chi connectivity index (χ4n) is 1.62. The zero-order valence-corrected chi connectivity index (χ0v) is 9.00. The molecule has 0 aromatic heterocycles. The molecular weight excluding hydrogens is 176 g/mol. The average Bonchev–Trinajstić information content (AvgIpc) is 2.13. The van der Waals surface area contributed by atoms with Crippen molar-refractivity contribution in [2.75, 3.05) is 0 Å². The standard InChI is InChI=1S/C12H20O2/c1-11-9-7-5-3-2-4-6-8-10-12(13)14-11/h5,7,11H,2-4,6,8-10H2,1H3/b7-5+. The summed E-state index contributed by atoms with van der Waals surface area (Å²) in [6.45, 7) is 1.95. The van der Waals surface area contributed by atoms with Crippen LogP contribution in [0.15, 0.2) is 12.2 Å². The van der Waals surface area contributed by atoms with E-state index in [1.54, 1.807) is 0 Å². The van der Waals surface area contributed by atoms with Gasteiger partial charge in [0.2, 0.25) is 0 Å². The molecule has 2 heteroatoms. The third-order valence-corrected chi connectivity index (χ3v) is 2.47. The predicted molar refractivity (Wildman–Crippen MR) is 57.0 cm³/mol. The normalized spacial score (nSPS) is 28.4. The molecule has 0 saturated heterocycles. The van der Waals surface area contributed by atoms with Gasteiger partial charge in [-0.15, -0.1) is 0 Å². The summed E-state index contributed by atoms with van der Waals surface area (Å²) in [7, 11) is 0. The van der Waals surface area contributed by atoms with Crippen molar-refractivity contribution in [1.82, 2.24) is 0 Å². The van der Waals surface area contributed by atoms with Gasteiger partial charge >= 0.3 is 5.97 Å². The first kappa shape index (κ1) is 11.3. The summed E-state index contributed by atoms with van der Waals surface area (Å²) in [5, 5.41) is 0. The molecule has 0 radical (unpaired) electrons. The molecule has 0 aromatic rings. The largest absolute Gasteiger partial charge is 0.462 e. The van der Waals surface area contributed by atoms with Crippen LogP contribution in [0, 0.1) is 0 Å². The predicted octanol–water partition coefficient (Wildman–Crippen LogP) is 3.22. The van der Waals surface area contributed by atoms with E-state index in [1.807, 2.05) is 6.92 Å². The van der Waals surface area contributed by atoms with Gasteiger partial charge in [-0.2, -0.15) is 0 Å². The minimum atomic E-state index is -0.0357. The summed E-state index contributed by atoms with van der Waals surface area (Å²) in [6.07, 6.45) is 11.6. The summed E-state index contributed by atoms with van der Waals surface area (Å²) in [6, 6.07) is 0. The Balaban J connectivity index is 2.36. The smallest absolute Gasteiger partial charge is 0.306 e. The van der Waals surface area contributed by atoms with Crippen molar-refractivity contribution >= 4 is 5.97 Å². The lowest BCUT2D eigenvalue weighted by Gasteiger charge is -2.11. The zero-order chi connectivity index (χ0) is 10.2. The summed E-state index contributed by atoms with van der Waals surface area (Å²) < 4.78 is 5.23. The van der Waals surface area contributed by atoms with Gasteiger partial charge in [0.1, 0.15) is 6.10 Å². The van der Waals surface area contributed by atoms with Crippen molar-refractivity contribution in [1.29, 1.82) is 0 Å². The van der Waals surface area contributed by atoms with Crippen LogP contribution in [0.3, 0.4) is 0 Å². The van der Waals surface area contributed by atoms with Crippen LogP contribution in [-0.4, -0.2) is 12.1 Å². The molecule has 1 unspecified atom stereocenters. The fraction of sp³-hybridized carbons (Fsp3) is 0.750. The molecule has 0 amide bonds.